The summed E-state index contributed by atoms with van der Waals surface area (Å²) in [5, 5.41) is 4.40. The molecular weight excluding hydrogens is 286 g/mol. The number of fused-ring (bicyclic) bond motifs is 2. The van der Waals surface area contributed by atoms with Crippen LogP contribution in [-0.2, 0) is 0 Å². The molecule has 120 valence electrons. The Labute approximate surface area is 136 Å². The van der Waals surface area contributed by atoms with E-state index < -0.39 is 0 Å². The quantitative estimate of drug-likeness (QED) is 0.927. The fourth-order valence-corrected chi connectivity index (χ4v) is 3.86. The lowest BCUT2D eigenvalue weighted by Gasteiger charge is -2.19. The van der Waals surface area contributed by atoms with Gasteiger partial charge in [0.25, 0.3) is 5.91 Å². The maximum Gasteiger partial charge on any atom is 0.254 e. The fraction of sp³-hybridized carbons (Fsp3) is 0.474. The molecule has 0 radical (unpaired) electrons. The van der Waals surface area contributed by atoms with E-state index in [9.17, 15) is 4.79 Å². The number of benzene rings is 1. The van der Waals surface area contributed by atoms with Gasteiger partial charge in [-0.1, -0.05) is 32.0 Å². The third kappa shape index (κ3) is 2.51. The van der Waals surface area contributed by atoms with Crippen molar-refractivity contribution in [1.82, 2.24) is 15.2 Å². The lowest BCUT2D eigenvalue weighted by atomic mass is 10.0. The van der Waals surface area contributed by atoms with E-state index in [0.29, 0.717) is 17.8 Å². The van der Waals surface area contributed by atoms with Crippen molar-refractivity contribution in [3.63, 3.8) is 0 Å². The number of hydrogen-bond acceptors (Lipinski definition) is 3. The summed E-state index contributed by atoms with van der Waals surface area (Å²) in [6, 6.07) is 9.98. The van der Waals surface area contributed by atoms with Gasteiger partial charge in [-0.2, -0.15) is 0 Å². The highest BCUT2D eigenvalue weighted by molar-refractivity contribution is 6.06. The molecule has 4 nitrogen and oxygen atoms in total. The topological polar surface area (TPSA) is 45.2 Å². The Morgan fingerprint density at radius 3 is 2.61 bits per heavy atom. The molecule has 2 atom stereocenters. The van der Waals surface area contributed by atoms with Gasteiger partial charge in [0, 0.05) is 37.3 Å². The number of pyridine rings is 1. The van der Waals surface area contributed by atoms with Crippen molar-refractivity contribution < 1.29 is 4.79 Å². The van der Waals surface area contributed by atoms with Gasteiger partial charge in [0.15, 0.2) is 0 Å². The Kier molecular flexibility index (Phi) is 3.57. The molecule has 2 saturated heterocycles. The van der Waals surface area contributed by atoms with Gasteiger partial charge in [0.05, 0.1) is 11.1 Å². The second kappa shape index (κ2) is 5.60. The minimum absolute atomic E-state index is 0.167. The summed E-state index contributed by atoms with van der Waals surface area (Å²) in [6.07, 6.45) is 0. The zero-order valence-corrected chi connectivity index (χ0v) is 13.7. The highest BCUT2D eigenvalue weighted by Gasteiger charge is 2.38. The Hall–Kier alpha value is -1.94. The molecule has 1 N–H and O–H groups in total. The molecule has 4 heteroatoms. The van der Waals surface area contributed by atoms with E-state index in [1.165, 1.54) is 0 Å². The van der Waals surface area contributed by atoms with Crippen LogP contribution in [0.3, 0.4) is 0 Å². The van der Waals surface area contributed by atoms with Crippen molar-refractivity contribution in [3.05, 3.63) is 41.6 Å². The van der Waals surface area contributed by atoms with E-state index in [2.05, 4.69) is 19.2 Å². The first kappa shape index (κ1) is 14.6. The van der Waals surface area contributed by atoms with Crippen LogP contribution in [0.5, 0.6) is 0 Å². The molecule has 0 spiro atoms. The molecule has 0 aliphatic carbocycles. The number of carbonyl (C=O) groups excluding carboxylic acids is 1. The standard InChI is InChI=1S/C19H23N3O/c1-12(2)18-7-16(15-5-3-4-6-17(15)21-18)19(23)22-10-13-8-20-9-14(13)11-22/h3-7,12-14,20H,8-11H2,1-2H3/t13-,14+. The van der Waals surface area contributed by atoms with Crippen molar-refractivity contribution in [1.29, 1.82) is 0 Å². The molecule has 4 rings (SSSR count). The third-order valence-electron chi connectivity index (χ3n) is 5.23. The van der Waals surface area contributed by atoms with Crippen LogP contribution in [0.2, 0.25) is 0 Å². The van der Waals surface area contributed by atoms with Gasteiger partial charge in [-0.3, -0.25) is 9.78 Å². The number of nitrogens with zero attached hydrogens (tertiary/aromatic N) is 2. The highest BCUT2D eigenvalue weighted by Crippen LogP contribution is 2.30. The molecule has 2 fully saturated rings. The average Bonchev–Trinajstić information content (AvgIpc) is 3.14. The maximum atomic E-state index is 13.1. The number of amides is 1. The number of rotatable bonds is 2. The van der Waals surface area contributed by atoms with Crippen LogP contribution < -0.4 is 5.32 Å². The molecule has 3 heterocycles. The van der Waals surface area contributed by atoms with Crippen LogP contribution >= 0.6 is 0 Å². The van der Waals surface area contributed by atoms with Gasteiger partial charge in [0.1, 0.15) is 0 Å². The van der Waals surface area contributed by atoms with Gasteiger partial charge >= 0.3 is 0 Å². The van der Waals surface area contributed by atoms with Gasteiger partial charge in [0.2, 0.25) is 0 Å². The Morgan fingerprint density at radius 2 is 1.91 bits per heavy atom. The number of aromatic nitrogens is 1. The van der Waals surface area contributed by atoms with Crippen LogP contribution in [0.4, 0.5) is 0 Å². The van der Waals surface area contributed by atoms with Crippen molar-refractivity contribution in [2.75, 3.05) is 26.2 Å². The number of para-hydroxylation sites is 1. The molecule has 2 aromatic rings. The summed E-state index contributed by atoms with van der Waals surface area (Å²) in [5.41, 5.74) is 2.73. The second-order valence-corrected chi connectivity index (χ2v) is 7.16. The van der Waals surface area contributed by atoms with E-state index in [1.54, 1.807) is 0 Å². The molecule has 2 aliphatic rings. The summed E-state index contributed by atoms with van der Waals surface area (Å²) in [5.74, 6) is 1.72. The van der Waals surface area contributed by atoms with E-state index in [0.717, 1.165) is 48.3 Å². The predicted octanol–water partition coefficient (Wildman–Crippen LogP) is 2.65. The molecule has 1 amide bonds. The summed E-state index contributed by atoms with van der Waals surface area (Å²) in [7, 11) is 0. The van der Waals surface area contributed by atoms with E-state index in [1.807, 2.05) is 35.2 Å². The maximum absolute atomic E-state index is 13.1. The summed E-state index contributed by atoms with van der Waals surface area (Å²) < 4.78 is 0. The van der Waals surface area contributed by atoms with Crippen LogP contribution in [0.25, 0.3) is 10.9 Å². The Morgan fingerprint density at radius 1 is 1.22 bits per heavy atom. The molecule has 0 bridgehead atoms. The molecule has 0 saturated carbocycles. The first-order chi connectivity index (χ1) is 11.1. The van der Waals surface area contributed by atoms with Crippen LogP contribution in [-0.4, -0.2) is 42.0 Å². The number of likely N-dealkylation sites (tertiary alicyclic amines) is 1. The van der Waals surface area contributed by atoms with Crippen LogP contribution in [0.15, 0.2) is 30.3 Å². The van der Waals surface area contributed by atoms with E-state index in [4.69, 9.17) is 4.98 Å². The van der Waals surface area contributed by atoms with Gasteiger partial charge in [-0.15, -0.1) is 0 Å². The monoisotopic (exact) mass is 309 g/mol. The van der Waals surface area contributed by atoms with Gasteiger partial charge in [-0.25, -0.2) is 0 Å². The Balaban J connectivity index is 1.73. The molecule has 1 aromatic heterocycles. The third-order valence-corrected chi connectivity index (χ3v) is 5.23. The van der Waals surface area contributed by atoms with E-state index >= 15 is 0 Å². The van der Waals surface area contributed by atoms with Gasteiger partial charge < -0.3 is 10.2 Å². The molecule has 1 aromatic carbocycles. The molecule has 23 heavy (non-hydrogen) atoms. The zero-order valence-electron chi connectivity index (χ0n) is 13.7. The second-order valence-electron chi connectivity index (χ2n) is 7.16. The van der Waals surface area contributed by atoms with Crippen molar-refractivity contribution in [3.8, 4) is 0 Å². The number of nitrogens with one attached hydrogen (secondary N) is 1. The minimum Gasteiger partial charge on any atom is -0.338 e. The predicted molar refractivity (Wildman–Crippen MR) is 91.6 cm³/mol. The van der Waals surface area contributed by atoms with Crippen molar-refractivity contribution >= 4 is 16.8 Å². The zero-order chi connectivity index (χ0) is 16.0. The minimum atomic E-state index is 0.167. The van der Waals surface area contributed by atoms with Crippen molar-refractivity contribution in [2.45, 2.75) is 19.8 Å². The summed E-state index contributed by atoms with van der Waals surface area (Å²) in [4.78, 5) is 19.9. The smallest absolute Gasteiger partial charge is 0.254 e. The fourth-order valence-electron chi connectivity index (χ4n) is 3.86. The summed E-state index contributed by atoms with van der Waals surface area (Å²) >= 11 is 0. The first-order valence-electron chi connectivity index (χ1n) is 8.53. The first-order valence-corrected chi connectivity index (χ1v) is 8.53. The lowest BCUT2D eigenvalue weighted by Crippen LogP contribution is -2.32. The summed E-state index contributed by atoms with van der Waals surface area (Å²) in [6.45, 7) is 8.09. The average molecular weight is 309 g/mol. The Bertz CT molecular complexity index is 743. The lowest BCUT2D eigenvalue weighted by molar-refractivity contribution is 0.0783. The number of carbonyl (C=O) groups is 1. The largest absolute Gasteiger partial charge is 0.338 e. The normalized spacial score (nSPS) is 23.7. The van der Waals surface area contributed by atoms with Crippen LogP contribution in [0.1, 0.15) is 35.8 Å². The van der Waals surface area contributed by atoms with Crippen LogP contribution in [0, 0.1) is 11.8 Å². The highest BCUT2D eigenvalue weighted by atomic mass is 16.2. The molecule has 0 unspecified atom stereocenters. The van der Waals surface area contributed by atoms with Gasteiger partial charge in [-0.05, 0) is 29.9 Å². The number of hydrogen-bond donors (Lipinski definition) is 1. The molecular formula is C19H23N3O. The SMILES string of the molecule is CC(C)c1cc(C(=O)N2C[C@H]3CNC[C@H]3C2)c2ccccc2n1. The van der Waals surface area contributed by atoms with E-state index in [-0.39, 0.29) is 5.91 Å². The molecule has 2 aliphatic heterocycles. The van der Waals surface area contributed by atoms with Crippen molar-refractivity contribution in [2.24, 2.45) is 11.8 Å².